The van der Waals surface area contributed by atoms with Gasteiger partial charge in [-0.1, -0.05) is 32.1 Å². The number of carbonyl (C=O) groups is 3. The number of rotatable bonds is 4. The zero-order valence-corrected chi connectivity index (χ0v) is 15.0. The minimum atomic E-state index is -0.331. The highest BCUT2D eigenvalue weighted by Crippen LogP contribution is 2.38. The van der Waals surface area contributed by atoms with Gasteiger partial charge >= 0.3 is 0 Å². The molecule has 7 heteroatoms. The molecule has 1 aromatic rings. The molecule has 0 spiro atoms. The fraction of sp³-hybridized carbons (Fsp3) is 0.684. The lowest BCUT2D eigenvalue weighted by atomic mass is 9.81. The van der Waals surface area contributed by atoms with E-state index in [1.165, 1.54) is 19.3 Å². The molecule has 0 bridgehead atoms. The third-order valence-electron chi connectivity index (χ3n) is 6.09. The van der Waals surface area contributed by atoms with Crippen molar-refractivity contribution >= 4 is 23.5 Å². The zero-order chi connectivity index (χ0) is 18.1. The molecular weight excluding hydrogens is 332 g/mol. The molecule has 1 aliphatic heterocycles. The van der Waals surface area contributed by atoms with Crippen LogP contribution in [0.4, 0.5) is 5.82 Å². The largest absolute Gasteiger partial charge is 0.309 e. The van der Waals surface area contributed by atoms with Crippen LogP contribution in [-0.2, 0) is 14.4 Å². The summed E-state index contributed by atoms with van der Waals surface area (Å²) in [6.07, 6.45) is 10.9. The van der Waals surface area contributed by atoms with Crippen molar-refractivity contribution in [3.05, 3.63) is 12.3 Å². The highest BCUT2D eigenvalue weighted by molar-refractivity contribution is 6.08. The number of imide groups is 1. The summed E-state index contributed by atoms with van der Waals surface area (Å²) >= 11 is 0. The molecule has 1 aromatic heterocycles. The van der Waals surface area contributed by atoms with E-state index in [9.17, 15) is 14.4 Å². The van der Waals surface area contributed by atoms with Crippen LogP contribution in [0.15, 0.2) is 12.3 Å². The highest BCUT2D eigenvalue weighted by atomic mass is 16.2. The first-order valence-electron chi connectivity index (χ1n) is 9.84. The molecule has 7 nitrogen and oxygen atoms in total. The maximum atomic E-state index is 12.5. The van der Waals surface area contributed by atoms with Crippen molar-refractivity contribution in [2.45, 2.75) is 63.8 Å². The lowest BCUT2D eigenvalue weighted by Crippen LogP contribution is -2.38. The standard InChI is InChI=1S/C19H26N4O3/c24-17(12-22-18(25)14-8-4-5-9-15(14)19(22)26)21-16-10-11-20-23(16)13-6-2-1-3-7-13/h10-11,13-15H,1-9,12H2,(H,21,24). The number of anilines is 1. The van der Waals surface area contributed by atoms with Crippen LogP contribution >= 0.6 is 0 Å². The maximum Gasteiger partial charge on any atom is 0.245 e. The Labute approximate surface area is 153 Å². The molecule has 0 aromatic carbocycles. The predicted octanol–water partition coefficient (Wildman–Crippen LogP) is 2.50. The van der Waals surface area contributed by atoms with Crippen molar-refractivity contribution in [3.63, 3.8) is 0 Å². The molecule has 2 heterocycles. The molecule has 1 saturated heterocycles. The van der Waals surface area contributed by atoms with Crippen LogP contribution in [0.2, 0.25) is 0 Å². The number of likely N-dealkylation sites (tertiary alicyclic amines) is 1. The molecule has 2 unspecified atom stereocenters. The van der Waals surface area contributed by atoms with Crippen LogP contribution in [0.5, 0.6) is 0 Å². The van der Waals surface area contributed by atoms with E-state index in [1.54, 1.807) is 12.3 Å². The van der Waals surface area contributed by atoms with Crippen molar-refractivity contribution < 1.29 is 14.4 Å². The number of hydrogen-bond acceptors (Lipinski definition) is 4. The van der Waals surface area contributed by atoms with Crippen molar-refractivity contribution in [2.24, 2.45) is 11.8 Å². The average Bonchev–Trinajstić information content (AvgIpc) is 3.22. The molecule has 0 radical (unpaired) electrons. The van der Waals surface area contributed by atoms with Gasteiger partial charge in [0.25, 0.3) is 0 Å². The number of amides is 3. The molecule has 1 N–H and O–H groups in total. The SMILES string of the molecule is O=C(CN1C(=O)C2CCCCC2C1=O)Nc1ccnn1C1CCCCC1. The topological polar surface area (TPSA) is 84.3 Å². The van der Waals surface area contributed by atoms with Crippen molar-refractivity contribution in [3.8, 4) is 0 Å². The van der Waals surface area contributed by atoms with Crippen LogP contribution in [0.25, 0.3) is 0 Å². The Morgan fingerprint density at radius 1 is 1.00 bits per heavy atom. The van der Waals surface area contributed by atoms with Gasteiger partial charge in [-0.3, -0.25) is 19.3 Å². The summed E-state index contributed by atoms with van der Waals surface area (Å²) in [6, 6.07) is 2.09. The molecule has 26 heavy (non-hydrogen) atoms. The fourth-order valence-electron chi connectivity index (χ4n) is 4.74. The van der Waals surface area contributed by atoms with E-state index in [4.69, 9.17) is 0 Å². The van der Waals surface area contributed by atoms with Gasteiger partial charge < -0.3 is 5.32 Å². The second kappa shape index (κ2) is 7.21. The van der Waals surface area contributed by atoms with Gasteiger partial charge in [0.05, 0.1) is 24.1 Å². The first-order valence-corrected chi connectivity index (χ1v) is 9.84. The summed E-state index contributed by atoms with van der Waals surface area (Å²) < 4.78 is 1.88. The number of aromatic nitrogens is 2. The number of nitrogens with one attached hydrogen (secondary N) is 1. The molecule has 3 aliphatic rings. The summed E-state index contributed by atoms with van der Waals surface area (Å²) in [7, 11) is 0. The van der Waals surface area contributed by atoms with Gasteiger partial charge in [0.15, 0.2) is 0 Å². The molecule has 2 atom stereocenters. The van der Waals surface area contributed by atoms with Gasteiger partial charge in [0.1, 0.15) is 12.4 Å². The molecule has 3 fully saturated rings. The molecule has 140 valence electrons. The van der Waals surface area contributed by atoms with Gasteiger partial charge in [-0.25, -0.2) is 4.68 Å². The minimum Gasteiger partial charge on any atom is -0.309 e. The fourth-order valence-corrected chi connectivity index (χ4v) is 4.74. The third kappa shape index (κ3) is 3.15. The van der Waals surface area contributed by atoms with Crippen LogP contribution in [0, 0.1) is 11.8 Å². The van der Waals surface area contributed by atoms with Crippen molar-refractivity contribution in [1.29, 1.82) is 0 Å². The van der Waals surface area contributed by atoms with E-state index in [2.05, 4.69) is 10.4 Å². The summed E-state index contributed by atoms with van der Waals surface area (Å²) in [5.74, 6) is -0.443. The Hall–Kier alpha value is -2.18. The summed E-state index contributed by atoms with van der Waals surface area (Å²) in [4.78, 5) is 38.7. The molecule has 3 amide bonds. The molecular formula is C19H26N4O3. The molecule has 2 aliphatic carbocycles. The van der Waals surface area contributed by atoms with Gasteiger partial charge in [0, 0.05) is 6.07 Å². The van der Waals surface area contributed by atoms with Crippen molar-refractivity contribution in [1.82, 2.24) is 14.7 Å². The van der Waals surface area contributed by atoms with Gasteiger partial charge in [-0.05, 0) is 25.7 Å². The highest BCUT2D eigenvalue weighted by Gasteiger charge is 2.48. The average molecular weight is 358 g/mol. The van der Waals surface area contributed by atoms with Gasteiger partial charge in [0.2, 0.25) is 17.7 Å². The second-order valence-corrected chi connectivity index (χ2v) is 7.76. The van der Waals surface area contributed by atoms with Gasteiger partial charge in [-0.15, -0.1) is 0 Å². The number of fused-ring (bicyclic) bond motifs is 1. The third-order valence-corrected chi connectivity index (χ3v) is 6.09. The Bertz CT molecular complexity index is 683. The smallest absolute Gasteiger partial charge is 0.245 e. The number of nitrogens with zero attached hydrogens (tertiary/aromatic N) is 3. The molecule has 4 rings (SSSR count). The maximum absolute atomic E-state index is 12.5. The van der Waals surface area contributed by atoms with Crippen LogP contribution < -0.4 is 5.32 Å². The summed E-state index contributed by atoms with van der Waals surface area (Å²) in [5, 5.41) is 7.22. The summed E-state index contributed by atoms with van der Waals surface area (Å²) in [5.41, 5.74) is 0. The minimum absolute atomic E-state index is 0.171. The second-order valence-electron chi connectivity index (χ2n) is 7.76. The van der Waals surface area contributed by atoms with Crippen LogP contribution in [0.1, 0.15) is 63.8 Å². The normalized spacial score (nSPS) is 26.8. The monoisotopic (exact) mass is 358 g/mol. The Balaban J connectivity index is 1.41. The lowest BCUT2D eigenvalue weighted by Gasteiger charge is -2.24. The van der Waals surface area contributed by atoms with Crippen molar-refractivity contribution in [2.75, 3.05) is 11.9 Å². The Morgan fingerprint density at radius 2 is 1.62 bits per heavy atom. The van der Waals surface area contributed by atoms with Crippen LogP contribution in [-0.4, -0.2) is 38.9 Å². The quantitative estimate of drug-likeness (QED) is 0.838. The summed E-state index contributed by atoms with van der Waals surface area (Å²) in [6.45, 7) is -0.194. The number of carbonyl (C=O) groups excluding carboxylic acids is 3. The van der Waals surface area contributed by atoms with E-state index in [0.29, 0.717) is 11.9 Å². The molecule has 2 saturated carbocycles. The zero-order valence-electron chi connectivity index (χ0n) is 15.0. The van der Waals surface area contributed by atoms with Gasteiger partial charge in [-0.2, -0.15) is 5.10 Å². The first kappa shape index (κ1) is 17.2. The van der Waals surface area contributed by atoms with E-state index < -0.39 is 0 Å². The van der Waals surface area contributed by atoms with E-state index >= 15 is 0 Å². The number of hydrogen-bond donors (Lipinski definition) is 1. The Morgan fingerprint density at radius 3 is 2.27 bits per heavy atom. The van der Waals surface area contributed by atoms with E-state index in [1.807, 2.05) is 4.68 Å². The predicted molar refractivity (Wildman–Crippen MR) is 95.1 cm³/mol. The first-order chi connectivity index (χ1) is 12.6. The van der Waals surface area contributed by atoms with E-state index in [-0.39, 0.29) is 36.1 Å². The lowest BCUT2D eigenvalue weighted by molar-refractivity contribution is -0.142. The van der Waals surface area contributed by atoms with E-state index in [0.717, 1.165) is 43.4 Å². The van der Waals surface area contributed by atoms with Crippen LogP contribution in [0.3, 0.4) is 0 Å². The Kier molecular flexibility index (Phi) is 4.78.